The highest BCUT2D eigenvalue weighted by atomic mass is 79.9. The molecule has 2 heterocycles. The Kier molecular flexibility index (Phi) is 3.43. The number of aryl methyl sites for hydroxylation is 1. The number of nitriles is 1. The number of halogens is 1. The number of fused-ring (bicyclic) bond motifs is 1. The van der Waals surface area contributed by atoms with Crippen LogP contribution in [-0.2, 0) is 6.54 Å². The maximum Gasteiger partial charge on any atom is 0.160 e. The molecule has 2 rings (SSSR count). The summed E-state index contributed by atoms with van der Waals surface area (Å²) in [6, 6.07) is 4.12. The molecule has 0 amide bonds. The maximum atomic E-state index is 8.70. The maximum absolute atomic E-state index is 8.70. The van der Waals surface area contributed by atoms with Crippen molar-refractivity contribution in [1.82, 2.24) is 14.5 Å². The fourth-order valence-corrected chi connectivity index (χ4v) is 2.15. The second kappa shape index (κ2) is 4.84. The minimum absolute atomic E-state index is 0.321. The van der Waals surface area contributed by atoms with Crippen LogP contribution in [0, 0.1) is 11.3 Å². The first-order valence-electron chi connectivity index (χ1n) is 5.52. The molecule has 0 atom stereocenters. The molecule has 0 radical (unpaired) electrons. The molecular formula is C12H13BrN4. The third-order valence-electron chi connectivity index (χ3n) is 2.54. The molecule has 0 unspecified atom stereocenters. The van der Waals surface area contributed by atoms with Crippen LogP contribution in [0.25, 0.3) is 11.2 Å². The van der Waals surface area contributed by atoms with E-state index in [4.69, 9.17) is 5.26 Å². The molecule has 0 spiro atoms. The molecule has 0 aromatic carbocycles. The Hall–Kier alpha value is -1.41. The highest BCUT2D eigenvalue weighted by molar-refractivity contribution is 9.10. The lowest BCUT2D eigenvalue weighted by Crippen LogP contribution is -2.05. The molecule has 88 valence electrons. The average molecular weight is 293 g/mol. The van der Waals surface area contributed by atoms with E-state index >= 15 is 0 Å². The fraction of sp³-hybridized carbons (Fsp3) is 0.417. The standard InChI is InChI=1S/C12H13BrN4/c1-8(2)11-16-10-6-9(13)7-15-12(10)17(11)5-3-4-14/h6-8H,3,5H2,1-2H3. The summed E-state index contributed by atoms with van der Waals surface area (Å²) in [5.74, 6) is 1.31. The van der Waals surface area contributed by atoms with Crippen molar-refractivity contribution < 1.29 is 0 Å². The topological polar surface area (TPSA) is 54.5 Å². The van der Waals surface area contributed by atoms with Gasteiger partial charge in [-0.2, -0.15) is 5.26 Å². The van der Waals surface area contributed by atoms with Crippen molar-refractivity contribution >= 4 is 27.1 Å². The van der Waals surface area contributed by atoms with Crippen LogP contribution in [0.2, 0.25) is 0 Å². The van der Waals surface area contributed by atoms with Crippen molar-refractivity contribution in [1.29, 1.82) is 5.26 Å². The molecule has 5 heteroatoms. The summed E-state index contributed by atoms with van der Waals surface area (Å²) in [7, 11) is 0. The van der Waals surface area contributed by atoms with Crippen molar-refractivity contribution in [3.05, 3.63) is 22.6 Å². The Bertz CT molecular complexity index is 580. The van der Waals surface area contributed by atoms with Crippen LogP contribution in [0.4, 0.5) is 0 Å². The van der Waals surface area contributed by atoms with Crippen LogP contribution in [0.1, 0.15) is 32.0 Å². The van der Waals surface area contributed by atoms with E-state index in [1.165, 1.54) is 0 Å². The molecule has 2 aromatic heterocycles. The van der Waals surface area contributed by atoms with Crippen molar-refractivity contribution in [2.45, 2.75) is 32.7 Å². The molecule has 0 N–H and O–H groups in total. The first kappa shape index (κ1) is 12.1. The van der Waals surface area contributed by atoms with Gasteiger partial charge < -0.3 is 4.57 Å². The number of hydrogen-bond donors (Lipinski definition) is 0. The summed E-state index contributed by atoms with van der Waals surface area (Å²) in [6.07, 6.45) is 2.24. The van der Waals surface area contributed by atoms with Crippen molar-refractivity contribution in [2.24, 2.45) is 0 Å². The summed E-state index contributed by atoms with van der Waals surface area (Å²) in [6.45, 7) is 4.84. The largest absolute Gasteiger partial charge is 0.311 e. The summed E-state index contributed by atoms with van der Waals surface area (Å²) >= 11 is 3.39. The molecule has 0 saturated heterocycles. The van der Waals surface area contributed by atoms with Crippen LogP contribution in [0.3, 0.4) is 0 Å². The molecule has 0 aliphatic heterocycles. The third-order valence-corrected chi connectivity index (χ3v) is 2.98. The van der Waals surface area contributed by atoms with Gasteiger partial charge in [-0.15, -0.1) is 0 Å². The predicted octanol–water partition coefficient (Wildman–Crippen LogP) is 3.23. The van der Waals surface area contributed by atoms with Crippen LogP contribution < -0.4 is 0 Å². The van der Waals surface area contributed by atoms with E-state index in [2.05, 4.69) is 45.8 Å². The zero-order chi connectivity index (χ0) is 12.4. The number of rotatable bonds is 3. The van der Waals surface area contributed by atoms with E-state index in [-0.39, 0.29) is 0 Å². The summed E-state index contributed by atoms with van der Waals surface area (Å²) in [4.78, 5) is 8.97. The highest BCUT2D eigenvalue weighted by Crippen LogP contribution is 2.22. The molecule has 0 aliphatic rings. The van der Waals surface area contributed by atoms with Gasteiger partial charge in [0.15, 0.2) is 5.65 Å². The van der Waals surface area contributed by atoms with Crippen molar-refractivity contribution in [3.63, 3.8) is 0 Å². The molecule has 0 aliphatic carbocycles. The first-order chi connectivity index (χ1) is 8.13. The Balaban J connectivity index is 2.59. The molecule has 2 aromatic rings. The Morgan fingerprint density at radius 3 is 2.94 bits per heavy atom. The van der Waals surface area contributed by atoms with Gasteiger partial charge in [0.2, 0.25) is 0 Å². The second-order valence-electron chi connectivity index (χ2n) is 4.18. The van der Waals surface area contributed by atoms with Crippen molar-refractivity contribution in [3.8, 4) is 6.07 Å². The van der Waals surface area contributed by atoms with Gasteiger partial charge in [0.25, 0.3) is 0 Å². The summed E-state index contributed by atoms with van der Waals surface area (Å²) in [5, 5.41) is 8.70. The highest BCUT2D eigenvalue weighted by Gasteiger charge is 2.14. The molecular weight excluding hydrogens is 280 g/mol. The molecule has 0 fully saturated rings. The minimum atomic E-state index is 0.321. The Morgan fingerprint density at radius 2 is 2.29 bits per heavy atom. The van der Waals surface area contributed by atoms with Gasteiger partial charge in [0, 0.05) is 23.1 Å². The molecule has 17 heavy (non-hydrogen) atoms. The first-order valence-corrected chi connectivity index (χ1v) is 6.31. The molecule has 4 nitrogen and oxygen atoms in total. The van der Waals surface area contributed by atoms with Crippen LogP contribution in [0.5, 0.6) is 0 Å². The van der Waals surface area contributed by atoms with Gasteiger partial charge in [0.1, 0.15) is 11.3 Å². The summed E-state index contributed by atoms with van der Waals surface area (Å²) in [5.41, 5.74) is 1.73. The van der Waals surface area contributed by atoms with Gasteiger partial charge in [-0.25, -0.2) is 9.97 Å². The van der Waals surface area contributed by atoms with Crippen LogP contribution in [0.15, 0.2) is 16.7 Å². The lowest BCUT2D eigenvalue weighted by atomic mass is 10.2. The van der Waals surface area contributed by atoms with Gasteiger partial charge in [-0.1, -0.05) is 13.8 Å². The lowest BCUT2D eigenvalue weighted by molar-refractivity contribution is 0.640. The predicted molar refractivity (Wildman–Crippen MR) is 69.5 cm³/mol. The third kappa shape index (κ3) is 2.32. The van der Waals surface area contributed by atoms with Gasteiger partial charge in [-0.3, -0.25) is 0 Å². The Labute approximate surface area is 108 Å². The van der Waals surface area contributed by atoms with Crippen LogP contribution >= 0.6 is 15.9 Å². The van der Waals surface area contributed by atoms with Gasteiger partial charge in [0.05, 0.1) is 12.5 Å². The van der Waals surface area contributed by atoms with E-state index in [9.17, 15) is 0 Å². The number of imidazole rings is 1. The van der Waals surface area contributed by atoms with Crippen molar-refractivity contribution in [2.75, 3.05) is 0 Å². The quantitative estimate of drug-likeness (QED) is 0.873. The molecule has 0 saturated carbocycles. The zero-order valence-corrected chi connectivity index (χ0v) is 11.4. The Morgan fingerprint density at radius 1 is 1.53 bits per heavy atom. The van der Waals surface area contributed by atoms with Gasteiger partial charge >= 0.3 is 0 Å². The average Bonchev–Trinajstić information content (AvgIpc) is 2.64. The van der Waals surface area contributed by atoms with Crippen LogP contribution in [-0.4, -0.2) is 14.5 Å². The smallest absolute Gasteiger partial charge is 0.160 e. The van der Waals surface area contributed by atoms with E-state index in [0.29, 0.717) is 18.9 Å². The monoisotopic (exact) mass is 292 g/mol. The number of pyridine rings is 1. The lowest BCUT2D eigenvalue weighted by Gasteiger charge is -2.08. The zero-order valence-electron chi connectivity index (χ0n) is 9.81. The number of nitrogens with zero attached hydrogens (tertiary/aromatic N) is 4. The number of hydrogen-bond acceptors (Lipinski definition) is 3. The van der Waals surface area contributed by atoms with Gasteiger partial charge in [-0.05, 0) is 22.0 Å². The van der Waals surface area contributed by atoms with E-state index in [1.54, 1.807) is 6.20 Å². The fourth-order valence-electron chi connectivity index (χ4n) is 1.83. The van der Waals surface area contributed by atoms with E-state index in [1.807, 2.05) is 10.6 Å². The van der Waals surface area contributed by atoms with E-state index in [0.717, 1.165) is 21.5 Å². The second-order valence-corrected chi connectivity index (χ2v) is 5.10. The SMILES string of the molecule is CC(C)c1nc2cc(Br)cnc2n1CCC#N. The summed E-state index contributed by atoms with van der Waals surface area (Å²) < 4.78 is 2.96. The minimum Gasteiger partial charge on any atom is -0.311 e. The normalized spacial score (nSPS) is 11.0. The number of aromatic nitrogens is 3. The van der Waals surface area contributed by atoms with E-state index < -0.39 is 0 Å². The molecule has 0 bridgehead atoms.